The molecule has 4 aromatic rings. The topological polar surface area (TPSA) is 103 Å². The Morgan fingerprint density at radius 3 is 1.51 bits per heavy atom. The molecule has 4 aromatic carbocycles. The summed E-state index contributed by atoms with van der Waals surface area (Å²) in [5.41, 5.74) is 2.67. The van der Waals surface area contributed by atoms with Crippen LogP contribution in [0, 0.1) is 0 Å². The van der Waals surface area contributed by atoms with E-state index in [1.165, 1.54) is 0 Å². The number of oxime groups is 1. The van der Waals surface area contributed by atoms with E-state index in [1.54, 1.807) is 14.2 Å². The van der Waals surface area contributed by atoms with Crippen molar-refractivity contribution in [2.45, 2.75) is 56.4 Å². The van der Waals surface area contributed by atoms with Crippen LogP contribution in [0.3, 0.4) is 0 Å². The van der Waals surface area contributed by atoms with Crippen LogP contribution in [0.15, 0.2) is 139 Å². The van der Waals surface area contributed by atoms with Crippen molar-refractivity contribution in [2.24, 2.45) is 5.16 Å². The highest BCUT2D eigenvalue weighted by atomic mass is 16.6. The van der Waals surface area contributed by atoms with Crippen molar-refractivity contribution < 1.29 is 42.8 Å². The Morgan fingerprint density at radius 1 is 0.585 bits per heavy atom. The van der Waals surface area contributed by atoms with Gasteiger partial charge in [-0.1, -0.05) is 78.0 Å². The van der Waals surface area contributed by atoms with Crippen LogP contribution in [0.4, 0.5) is 0 Å². The Bertz CT molecular complexity index is 1810. The van der Waals surface area contributed by atoms with Crippen LogP contribution in [0.2, 0.25) is 0 Å². The number of carbonyl (C=O) groups excluding carboxylic acids is 1. The summed E-state index contributed by atoms with van der Waals surface area (Å²) >= 11 is 0. The number of rotatable bonds is 16. The molecule has 2 heterocycles. The maximum atomic E-state index is 12.9. The third-order valence-electron chi connectivity index (χ3n) is 8.80. The third kappa shape index (κ3) is 10.7. The Morgan fingerprint density at radius 2 is 1.04 bits per heavy atom. The minimum absolute atomic E-state index is 0.0186. The Hall–Kier alpha value is -5.58. The van der Waals surface area contributed by atoms with Gasteiger partial charge in [0.1, 0.15) is 72.8 Å². The fraction of sp³-hybridized carbons (Fsp3) is 0.302. The molecule has 6 atom stereocenters. The average Bonchev–Trinajstić information content (AvgIpc) is 3.21. The van der Waals surface area contributed by atoms with Gasteiger partial charge in [0.25, 0.3) is 0 Å². The molecule has 0 amide bonds. The molecule has 0 fully saturated rings. The van der Waals surface area contributed by atoms with Crippen LogP contribution in [0.5, 0.6) is 23.0 Å². The second kappa shape index (κ2) is 18.8. The minimum Gasteiger partial charge on any atom is -0.497 e. The van der Waals surface area contributed by atoms with Crippen molar-refractivity contribution >= 4 is 11.7 Å². The lowest BCUT2D eigenvalue weighted by atomic mass is 10.0. The molecule has 0 bridgehead atoms. The molecule has 276 valence electrons. The van der Waals surface area contributed by atoms with Gasteiger partial charge in [-0.3, -0.25) is 4.79 Å². The summed E-state index contributed by atoms with van der Waals surface area (Å²) in [6.07, 6.45) is 5.96. The first kappa shape index (κ1) is 37.2. The molecular weight excluding hydrogens is 674 g/mol. The highest BCUT2D eigenvalue weighted by Gasteiger charge is 2.32. The molecule has 2 aliphatic heterocycles. The first-order chi connectivity index (χ1) is 26.0. The molecule has 0 unspecified atom stereocenters. The van der Waals surface area contributed by atoms with Crippen molar-refractivity contribution in [3.63, 3.8) is 0 Å². The van der Waals surface area contributed by atoms with Crippen LogP contribution < -0.4 is 18.9 Å². The zero-order chi connectivity index (χ0) is 36.8. The van der Waals surface area contributed by atoms with E-state index in [0.717, 1.165) is 22.6 Å². The second-order valence-corrected chi connectivity index (χ2v) is 12.6. The van der Waals surface area contributed by atoms with E-state index in [0.29, 0.717) is 23.6 Å². The van der Waals surface area contributed by atoms with Gasteiger partial charge in [-0.25, -0.2) is 0 Å². The predicted octanol–water partition coefficient (Wildman–Crippen LogP) is 8.01. The molecule has 0 aliphatic carbocycles. The predicted molar refractivity (Wildman–Crippen MR) is 200 cm³/mol. The number of hydrogen-bond acceptors (Lipinski definition) is 10. The minimum atomic E-state index is -0.535. The van der Waals surface area contributed by atoms with Crippen molar-refractivity contribution in [1.82, 2.24) is 0 Å². The summed E-state index contributed by atoms with van der Waals surface area (Å²) in [5.74, 6) is 2.41. The fourth-order valence-corrected chi connectivity index (χ4v) is 5.87. The van der Waals surface area contributed by atoms with Gasteiger partial charge in [0, 0.05) is 0 Å². The van der Waals surface area contributed by atoms with Gasteiger partial charge in [0.05, 0.1) is 26.4 Å². The SMILES string of the molecule is COc1ccc(O[C@H]2C=C[C@@H](c3ccccc3)O[C@@H]2CON=C(C)CCC(=O)OC[C@H]2O[C@H](c3ccccc3)C=C[C@@H]2Oc2ccc(OC)cc2)cc1. The van der Waals surface area contributed by atoms with E-state index in [-0.39, 0.29) is 37.8 Å². The van der Waals surface area contributed by atoms with Crippen LogP contribution in [-0.2, 0) is 23.8 Å². The number of nitrogens with zero attached hydrogens (tertiary/aromatic N) is 1. The monoisotopic (exact) mass is 719 g/mol. The second-order valence-electron chi connectivity index (χ2n) is 12.6. The first-order valence-electron chi connectivity index (χ1n) is 17.7. The van der Waals surface area contributed by atoms with Gasteiger partial charge in [0.2, 0.25) is 0 Å². The Balaban J connectivity index is 1.02. The van der Waals surface area contributed by atoms with E-state index < -0.39 is 24.4 Å². The van der Waals surface area contributed by atoms with E-state index >= 15 is 0 Å². The molecule has 10 heteroatoms. The van der Waals surface area contributed by atoms with Gasteiger partial charge in [-0.15, -0.1) is 0 Å². The van der Waals surface area contributed by atoms with Crippen LogP contribution in [0.1, 0.15) is 43.1 Å². The zero-order valence-electron chi connectivity index (χ0n) is 30.1. The summed E-state index contributed by atoms with van der Waals surface area (Å²) in [4.78, 5) is 18.7. The maximum absolute atomic E-state index is 12.9. The Labute approximate surface area is 310 Å². The summed E-state index contributed by atoms with van der Waals surface area (Å²) in [7, 11) is 3.24. The quantitative estimate of drug-likeness (QED) is 0.0493. The van der Waals surface area contributed by atoms with Gasteiger partial charge < -0.3 is 38.0 Å². The average molecular weight is 720 g/mol. The number of ether oxygens (including phenoxy) is 7. The van der Waals surface area contributed by atoms with Gasteiger partial charge in [-0.05, 0) is 85.2 Å². The number of methoxy groups -OCH3 is 2. The molecule has 0 radical (unpaired) electrons. The molecule has 0 spiro atoms. The summed E-state index contributed by atoms with van der Waals surface area (Å²) in [6, 6.07) is 34.5. The molecule has 6 rings (SSSR count). The molecule has 0 aromatic heterocycles. The Kier molecular flexibility index (Phi) is 13.2. The van der Waals surface area contributed by atoms with E-state index in [2.05, 4.69) is 5.16 Å². The summed E-state index contributed by atoms with van der Waals surface area (Å²) in [5, 5.41) is 4.29. The first-order valence-corrected chi connectivity index (χ1v) is 17.7. The highest BCUT2D eigenvalue weighted by Crippen LogP contribution is 2.31. The van der Waals surface area contributed by atoms with Crippen LogP contribution in [0.25, 0.3) is 0 Å². The fourth-order valence-electron chi connectivity index (χ4n) is 5.87. The van der Waals surface area contributed by atoms with Crippen LogP contribution >= 0.6 is 0 Å². The molecule has 0 N–H and O–H groups in total. The molecule has 53 heavy (non-hydrogen) atoms. The summed E-state index contributed by atoms with van der Waals surface area (Å²) < 4.78 is 41.6. The van der Waals surface area contributed by atoms with Crippen molar-refractivity contribution in [2.75, 3.05) is 27.4 Å². The van der Waals surface area contributed by atoms with E-state index in [9.17, 15) is 4.79 Å². The van der Waals surface area contributed by atoms with Gasteiger partial charge >= 0.3 is 5.97 Å². The number of esters is 1. The smallest absolute Gasteiger partial charge is 0.306 e. The maximum Gasteiger partial charge on any atom is 0.306 e. The van der Waals surface area contributed by atoms with E-state index in [4.69, 9.17) is 38.0 Å². The van der Waals surface area contributed by atoms with Crippen molar-refractivity contribution in [1.29, 1.82) is 0 Å². The van der Waals surface area contributed by atoms with Crippen LogP contribution in [-0.4, -0.2) is 63.5 Å². The highest BCUT2D eigenvalue weighted by molar-refractivity contribution is 5.85. The largest absolute Gasteiger partial charge is 0.497 e. The molecular formula is C43H45NO9. The standard InChI is InChI=1S/C43H45NO9/c1-30(44-49-29-42-40(51-36-21-17-34(47-3)18-22-36)26-24-38(53-42)32-12-8-5-9-13-32)14-27-43(45)48-28-41-39(50-35-19-15-33(46-2)16-20-35)25-23-37(52-41)31-10-6-4-7-11-31/h4-13,15-26,37-42H,14,27-29H2,1-3H3/t37-,38-,39-,40-,41+,42+/m0/s1. The lowest BCUT2D eigenvalue weighted by Crippen LogP contribution is -2.40. The van der Waals surface area contributed by atoms with Gasteiger partial charge in [0.15, 0.2) is 0 Å². The van der Waals surface area contributed by atoms with Crippen molar-refractivity contribution in [3.05, 3.63) is 145 Å². The lowest BCUT2D eigenvalue weighted by molar-refractivity contribution is -0.152. The van der Waals surface area contributed by atoms with E-state index in [1.807, 2.05) is 140 Å². The normalized spacial score (nSPS) is 22.4. The molecule has 0 saturated carbocycles. The zero-order valence-corrected chi connectivity index (χ0v) is 30.1. The van der Waals surface area contributed by atoms with Crippen molar-refractivity contribution in [3.8, 4) is 23.0 Å². The molecule has 0 saturated heterocycles. The third-order valence-corrected chi connectivity index (χ3v) is 8.80. The number of benzene rings is 4. The number of carbonyl (C=O) groups is 1. The molecule has 2 aliphatic rings. The molecule has 10 nitrogen and oxygen atoms in total. The summed E-state index contributed by atoms with van der Waals surface area (Å²) in [6.45, 7) is 1.97. The lowest BCUT2D eigenvalue weighted by Gasteiger charge is -2.32. The van der Waals surface area contributed by atoms with Gasteiger partial charge in [-0.2, -0.15) is 0 Å². The number of hydrogen-bond donors (Lipinski definition) is 0.